The van der Waals surface area contributed by atoms with E-state index >= 15 is 0 Å². The number of piperidine rings is 1. The molecule has 1 amide bonds. The standard InChI is InChI=1S/C32H55NO/c1-22(2)9-8-10-23(3)26-11-12-27-25-13-16-32-19-29(5,20-33(21-32)24(4)34)17-18-31(32,7)28(25)14-15-30(26,27)6/h22-23,25-28H,8-21H2,1-7H3. The van der Waals surface area contributed by atoms with Gasteiger partial charge in [-0.3, -0.25) is 4.79 Å². The molecule has 1 heterocycles. The van der Waals surface area contributed by atoms with Gasteiger partial charge in [-0.15, -0.1) is 0 Å². The van der Waals surface area contributed by atoms with E-state index in [2.05, 4.69) is 46.4 Å². The van der Waals surface area contributed by atoms with E-state index in [4.69, 9.17) is 0 Å². The number of amides is 1. The van der Waals surface area contributed by atoms with Crippen molar-refractivity contribution in [1.82, 2.24) is 4.90 Å². The third-order valence-electron chi connectivity index (χ3n) is 13.1. The summed E-state index contributed by atoms with van der Waals surface area (Å²) >= 11 is 0. The van der Waals surface area contributed by atoms with Gasteiger partial charge in [-0.05, 0) is 115 Å². The summed E-state index contributed by atoms with van der Waals surface area (Å²) in [6, 6.07) is 0. The molecule has 1 spiro atoms. The maximum Gasteiger partial charge on any atom is 0.219 e. The Morgan fingerprint density at radius 3 is 2.35 bits per heavy atom. The second-order valence-corrected chi connectivity index (χ2v) is 15.5. The molecular weight excluding hydrogens is 414 g/mol. The van der Waals surface area contributed by atoms with Crippen molar-refractivity contribution in [2.24, 2.45) is 57.2 Å². The van der Waals surface area contributed by atoms with Gasteiger partial charge in [0.1, 0.15) is 0 Å². The molecule has 2 nitrogen and oxygen atoms in total. The van der Waals surface area contributed by atoms with Gasteiger partial charge in [0, 0.05) is 20.0 Å². The molecule has 5 aliphatic rings. The molecule has 4 aliphatic carbocycles. The Morgan fingerprint density at radius 1 is 0.882 bits per heavy atom. The van der Waals surface area contributed by atoms with Gasteiger partial charge in [0.25, 0.3) is 0 Å². The smallest absolute Gasteiger partial charge is 0.219 e. The first kappa shape index (κ1) is 25.1. The Kier molecular flexibility index (Phi) is 6.29. The number of rotatable bonds is 5. The molecule has 0 radical (unpaired) electrons. The first-order chi connectivity index (χ1) is 15.9. The number of carbonyl (C=O) groups is 1. The quantitative estimate of drug-likeness (QED) is 0.396. The highest BCUT2D eigenvalue weighted by Crippen LogP contribution is 2.73. The number of nitrogens with zero attached hydrogens (tertiary/aromatic N) is 1. The summed E-state index contributed by atoms with van der Waals surface area (Å²) in [6.07, 6.45) is 17.1. The van der Waals surface area contributed by atoms with Gasteiger partial charge in [-0.1, -0.05) is 60.8 Å². The van der Waals surface area contributed by atoms with Crippen LogP contribution in [0, 0.1) is 57.2 Å². The summed E-state index contributed by atoms with van der Waals surface area (Å²) in [5, 5.41) is 0. The van der Waals surface area contributed by atoms with E-state index in [0.717, 1.165) is 48.6 Å². The zero-order valence-corrected chi connectivity index (χ0v) is 23.7. The molecule has 2 bridgehead atoms. The van der Waals surface area contributed by atoms with Gasteiger partial charge in [0.15, 0.2) is 0 Å². The van der Waals surface area contributed by atoms with Gasteiger partial charge in [0.2, 0.25) is 5.91 Å². The van der Waals surface area contributed by atoms with E-state index in [-0.39, 0.29) is 0 Å². The van der Waals surface area contributed by atoms with Crippen molar-refractivity contribution in [1.29, 1.82) is 0 Å². The Morgan fingerprint density at radius 2 is 1.65 bits per heavy atom. The van der Waals surface area contributed by atoms with Crippen molar-refractivity contribution in [3.63, 3.8) is 0 Å². The van der Waals surface area contributed by atoms with Crippen LogP contribution in [0.25, 0.3) is 0 Å². The molecule has 5 fully saturated rings. The molecular formula is C32H55NO. The molecule has 1 saturated heterocycles. The van der Waals surface area contributed by atoms with E-state index in [1.165, 1.54) is 77.0 Å². The fourth-order valence-corrected chi connectivity index (χ4v) is 11.4. The molecule has 4 saturated carbocycles. The minimum absolute atomic E-state index is 0.318. The molecule has 0 N–H and O–H groups in total. The Hall–Kier alpha value is -0.530. The minimum Gasteiger partial charge on any atom is -0.342 e. The van der Waals surface area contributed by atoms with Crippen molar-refractivity contribution in [3.05, 3.63) is 0 Å². The number of hydrogen-bond donors (Lipinski definition) is 0. The first-order valence-corrected chi connectivity index (χ1v) is 15.2. The van der Waals surface area contributed by atoms with Crippen molar-refractivity contribution in [2.45, 2.75) is 126 Å². The van der Waals surface area contributed by atoms with Crippen molar-refractivity contribution in [2.75, 3.05) is 13.1 Å². The highest BCUT2D eigenvalue weighted by atomic mass is 16.2. The first-order valence-electron chi connectivity index (χ1n) is 15.2. The third kappa shape index (κ3) is 3.73. The van der Waals surface area contributed by atoms with Gasteiger partial charge in [-0.25, -0.2) is 0 Å². The predicted molar refractivity (Wildman–Crippen MR) is 142 cm³/mol. The molecule has 2 heteroatoms. The zero-order valence-electron chi connectivity index (χ0n) is 23.7. The van der Waals surface area contributed by atoms with Crippen LogP contribution in [0.5, 0.6) is 0 Å². The number of likely N-dealkylation sites (tertiary alicyclic amines) is 1. The monoisotopic (exact) mass is 469 g/mol. The molecule has 194 valence electrons. The number of hydrogen-bond acceptors (Lipinski definition) is 1. The SMILES string of the molecule is CC(=O)N1CC2(C)CCC3(C)C4CCC5(C)C(C(C)CCCC(C)C)CCC5C4CCC3(C1)C2. The fraction of sp³-hybridized carbons (Fsp3) is 0.969. The van der Waals surface area contributed by atoms with Crippen molar-refractivity contribution >= 4 is 5.91 Å². The minimum atomic E-state index is 0.318. The average molecular weight is 470 g/mol. The van der Waals surface area contributed by atoms with Crippen LogP contribution in [0.2, 0.25) is 0 Å². The van der Waals surface area contributed by atoms with Crippen LogP contribution in [0.4, 0.5) is 0 Å². The molecule has 9 atom stereocenters. The van der Waals surface area contributed by atoms with Crippen LogP contribution < -0.4 is 0 Å². The van der Waals surface area contributed by atoms with E-state index < -0.39 is 0 Å². The average Bonchev–Trinajstić information content (AvgIpc) is 3.11. The summed E-state index contributed by atoms with van der Waals surface area (Å²) in [5.41, 5.74) is 1.75. The second kappa shape index (κ2) is 8.51. The van der Waals surface area contributed by atoms with Gasteiger partial charge < -0.3 is 4.90 Å². The second-order valence-electron chi connectivity index (χ2n) is 15.5. The highest BCUT2D eigenvalue weighted by molar-refractivity contribution is 5.73. The molecule has 9 unspecified atom stereocenters. The molecule has 34 heavy (non-hydrogen) atoms. The van der Waals surface area contributed by atoms with Crippen molar-refractivity contribution < 1.29 is 4.79 Å². The maximum absolute atomic E-state index is 12.6. The molecule has 0 aromatic rings. The molecule has 0 aromatic heterocycles. The number of fused-ring (bicyclic) bond motifs is 5. The van der Waals surface area contributed by atoms with E-state index in [9.17, 15) is 4.79 Å². The summed E-state index contributed by atoms with van der Waals surface area (Å²) in [4.78, 5) is 14.8. The van der Waals surface area contributed by atoms with Gasteiger partial charge >= 0.3 is 0 Å². The maximum atomic E-state index is 12.6. The lowest BCUT2D eigenvalue weighted by molar-refractivity contribution is -0.212. The lowest BCUT2D eigenvalue weighted by Gasteiger charge is -2.70. The largest absolute Gasteiger partial charge is 0.342 e. The van der Waals surface area contributed by atoms with Gasteiger partial charge in [-0.2, -0.15) is 0 Å². The van der Waals surface area contributed by atoms with Crippen LogP contribution in [-0.2, 0) is 4.79 Å². The summed E-state index contributed by atoms with van der Waals surface area (Å²) in [7, 11) is 0. The van der Waals surface area contributed by atoms with Crippen LogP contribution in [-0.4, -0.2) is 23.9 Å². The van der Waals surface area contributed by atoms with E-state index in [1.54, 1.807) is 0 Å². The molecule has 5 rings (SSSR count). The Bertz CT molecular complexity index is 790. The van der Waals surface area contributed by atoms with Crippen LogP contribution in [0.3, 0.4) is 0 Å². The van der Waals surface area contributed by atoms with Gasteiger partial charge in [0.05, 0.1) is 0 Å². The summed E-state index contributed by atoms with van der Waals surface area (Å²) < 4.78 is 0. The normalized spacial score (nSPS) is 48.8. The molecule has 1 aliphatic heterocycles. The Labute approximate surface area is 211 Å². The predicted octanol–water partition coefficient (Wildman–Crippen LogP) is 8.35. The van der Waals surface area contributed by atoms with Crippen LogP contribution in [0.15, 0.2) is 0 Å². The summed E-state index contributed by atoms with van der Waals surface area (Å²) in [5.74, 6) is 5.81. The fourth-order valence-electron chi connectivity index (χ4n) is 11.4. The topological polar surface area (TPSA) is 20.3 Å². The van der Waals surface area contributed by atoms with E-state index in [0.29, 0.717) is 27.6 Å². The van der Waals surface area contributed by atoms with Crippen LogP contribution in [0.1, 0.15) is 126 Å². The Balaban J connectivity index is 1.36. The van der Waals surface area contributed by atoms with Crippen LogP contribution >= 0.6 is 0 Å². The van der Waals surface area contributed by atoms with E-state index in [1.807, 2.05) is 6.92 Å². The highest BCUT2D eigenvalue weighted by Gasteiger charge is 2.67. The van der Waals surface area contributed by atoms with Crippen molar-refractivity contribution in [3.8, 4) is 0 Å². The zero-order chi connectivity index (χ0) is 24.5. The summed E-state index contributed by atoms with van der Waals surface area (Å²) in [6.45, 7) is 19.2. The lowest BCUT2D eigenvalue weighted by atomic mass is 9.37. The lowest BCUT2D eigenvalue weighted by Crippen LogP contribution is -2.67. The third-order valence-corrected chi connectivity index (χ3v) is 13.1. The number of carbonyl (C=O) groups excluding carboxylic acids is 1. The molecule has 0 aromatic carbocycles.